The van der Waals surface area contributed by atoms with E-state index in [1.54, 1.807) is 24.3 Å². The van der Waals surface area contributed by atoms with Gasteiger partial charge >= 0.3 is 0 Å². The Morgan fingerprint density at radius 2 is 1.94 bits per heavy atom. The summed E-state index contributed by atoms with van der Waals surface area (Å²) < 4.78 is 0. The third kappa shape index (κ3) is 5.34. The molecule has 35 heavy (non-hydrogen) atoms. The van der Waals surface area contributed by atoms with Crippen LogP contribution in [0.3, 0.4) is 0 Å². The minimum atomic E-state index is -0.916. The van der Waals surface area contributed by atoms with Gasteiger partial charge < -0.3 is 20.0 Å². The van der Waals surface area contributed by atoms with Crippen LogP contribution < -0.4 is 0 Å². The van der Waals surface area contributed by atoms with Gasteiger partial charge in [0, 0.05) is 24.5 Å². The summed E-state index contributed by atoms with van der Waals surface area (Å²) in [5.41, 5.74) is 0.354. The second-order valence-corrected chi connectivity index (χ2v) is 11.7. The zero-order valence-electron chi connectivity index (χ0n) is 20.8. The van der Waals surface area contributed by atoms with Crippen molar-refractivity contribution < 1.29 is 15.0 Å². The number of amides is 1. The van der Waals surface area contributed by atoms with E-state index in [1.165, 1.54) is 0 Å². The number of fused-ring (bicyclic) bond motifs is 1. The molecule has 0 spiro atoms. The van der Waals surface area contributed by atoms with Crippen molar-refractivity contribution in [2.45, 2.75) is 63.0 Å². The maximum atomic E-state index is 13.7. The normalized spacial score (nSPS) is 27.0. The van der Waals surface area contributed by atoms with Gasteiger partial charge in [0.15, 0.2) is 0 Å². The largest absolute Gasteiger partial charge is 0.508 e. The average Bonchev–Trinajstić information content (AvgIpc) is 2.79. The van der Waals surface area contributed by atoms with Gasteiger partial charge in [-0.2, -0.15) is 0 Å². The Labute approximate surface area is 218 Å². The topological polar surface area (TPSA) is 64.0 Å². The first-order chi connectivity index (χ1) is 16.5. The fourth-order valence-corrected chi connectivity index (χ4v) is 6.51. The number of carbonyl (C=O) groups is 1. The Morgan fingerprint density at radius 1 is 1.17 bits per heavy atom. The van der Waals surface area contributed by atoms with Crippen LogP contribution >= 0.6 is 23.2 Å². The van der Waals surface area contributed by atoms with E-state index < -0.39 is 11.0 Å². The smallest absolute Gasteiger partial charge is 0.227 e. The number of phenolic OH excluding ortho intramolecular Hbond substituents is 1. The minimum absolute atomic E-state index is 0.00120. The van der Waals surface area contributed by atoms with Crippen molar-refractivity contribution in [3.05, 3.63) is 63.6 Å². The Kier molecular flexibility index (Phi) is 7.73. The number of piperidine rings is 1. The Balaban J connectivity index is 1.67. The van der Waals surface area contributed by atoms with Crippen molar-refractivity contribution >= 4 is 29.1 Å². The lowest BCUT2D eigenvalue weighted by molar-refractivity contribution is -0.148. The highest BCUT2D eigenvalue weighted by Crippen LogP contribution is 2.52. The lowest BCUT2D eigenvalue weighted by Crippen LogP contribution is -2.67. The van der Waals surface area contributed by atoms with E-state index in [-0.39, 0.29) is 24.1 Å². The van der Waals surface area contributed by atoms with Gasteiger partial charge in [-0.15, -0.1) is 0 Å². The number of halogens is 2. The number of nitrogens with zero attached hydrogens (tertiary/aromatic N) is 2. The molecular weight excluding hydrogens is 483 g/mol. The van der Waals surface area contributed by atoms with Crippen LogP contribution in [-0.2, 0) is 16.6 Å². The van der Waals surface area contributed by atoms with Gasteiger partial charge in [-0.05, 0) is 80.6 Å². The molecule has 1 saturated carbocycles. The number of β-amino-alcohol motifs (C(OH)–C–C–N with tert-alkyl or cyclic N) is 1. The SMILES string of the molecule is CC(C)CN(C(=O)Cc1ccc(Cl)c(Cl)c1)[C@@H]1CC[C@]2(O)CN(C)CC[C@@]2(c2cccc(O)c2)C1. The average molecular weight is 520 g/mol. The second kappa shape index (κ2) is 10.3. The highest BCUT2D eigenvalue weighted by molar-refractivity contribution is 6.42. The predicted octanol–water partition coefficient (Wildman–Crippen LogP) is 5.28. The number of aliphatic hydroxyl groups is 1. The van der Waals surface area contributed by atoms with E-state index in [1.807, 2.05) is 30.1 Å². The Bertz CT molecular complexity index is 1080. The summed E-state index contributed by atoms with van der Waals surface area (Å²) >= 11 is 12.3. The number of benzene rings is 2. The third-order valence-electron chi connectivity index (χ3n) is 7.88. The van der Waals surface area contributed by atoms with Crippen LogP contribution in [-0.4, -0.2) is 64.2 Å². The Hall–Kier alpha value is -1.79. The summed E-state index contributed by atoms with van der Waals surface area (Å²) in [5.74, 6) is 0.573. The number of aromatic hydroxyl groups is 1. The van der Waals surface area contributed by atoms with Gasteiger partial charge in [-0.25, -0.2) is 0 Å². The number of hydrogen-bond donors (Lipinski definition) is 2. The zero-order chi connectivity index (χ0) is 25.4. The number of carbonyl (C=O) groups excluding carboxylic acids is 1. The van der Waals surface area contributed by atoms with Crippen LogP contribution in [0.5, 0.6) is 5.75 Å². The van der Waals surface area contributed by atoms with Crippen molar-refractivity contribution in [3.8, 4) is 5.75 Å². The molecule has 0 aromatic heterocycles. The summed E-state index contributed by atoms with van der Waals surface area (Å²) in [6.07, 6.45) is 3.04. The lowest BCUT2D eigenvalue weighted by atomic mass is 9.55. The van der Waals surface area contributed by atoms with Crippen LogP contribution in [0.2, 0.25) is 10.0 Å². The number of rotatable bonds is 6. The van der Waals surface area contributed by atoms with Gasteiger partial charge in [0.2, 0.25) is 5.91 Å². The van der Waals surface area contributed by atoms with Crippen LogP contribution in [0.25, 0.3) is 0 Å². The fraction of sp³-hybridized carbons (Fsp3) is 0.536. The van der Waals surface area contributed by atoms with Crippen molar-refractivity contribution in [3.63, 3.8) is 0 Å². The molecule has 2 aromatic carbocycles. The molecule has 5 nitrogen and oxygen atoms in total. The first-order valence-electron chi connectivity index (χ1n) is 12.5. The quantitative estimate of drug-likeness (QED) is 0.545. The standard InChI is InChI=1S/C28H36Cl2N2O3/c1-19(2)17-32(26(34)14-20-7-8-24(29)25(30)13-20)22-9-10-28(35)18-31(3)12-11-27(28,16-22)21-5-4-6-23(33)15-21/h4-8,13,15,19,22,33,35H,9-12,14,16-18H2,1-3H3/t22-,27+,28+/m1/s1. The number of likely N-dealkylation sites (N-methyl/N-ethyl adjacent to an activating group) is 1. The maximum absolute atomic E-state index is 13.7. The predicted molar refractivity (Wildman–Crippen MR) is 141 cm³/mol. The molecule has 7 heteroatoms. The Morgan fingerprint density at radius 3 is 2.63 bits per heavy atom. The summed E-state index contributed by atoms with van der Waals surface area (Å²) in [6.45, 7) is 6.33. The summed E-state index contributed by atoms with van der Waals surface area (Å²) in [6, 6.07) is 12.7. The third-order valence-corrected chi connectivity index (χ3v) is 8.62. The molecule has 2 aromatic rings. The molecule has 1 amide bonds. The van der Waals surface area contributed by atoms with E-state index in [0.29, 0.717) is 41.9 Å². The number of hydrogen-bond acceptors (Lipinski definition) is 4. The van der Waals surface area contributed by atoms with Crippen molar-refractivity contribution in [1.82, 2.24) is 9.80 Å². The maximum Gasteiger partial charge on any atom is 0.227 e. The first kappa shape index (κ1) is 26.3. The van der Waals surface area contributed by atoms with E-state index in [9.17, 15) is 15.0 Å². The van der Waals surface area contributed by atoms with Crippen molar-refractivity contribution in [1.29, 1.82) is 0 Å². The minimum Gasteiger partial charge on any atom is -0.508 e. The molecule has 3 atom stereocenters. The van der Waals surface area contributed by atoms with Gasteiger partial charge in [0.25, 0.3) is 0 Å². The highest BCUT2D eigenvalue weighted by atomic mass is 35.5. The molecule has 1 aliphatic heterocycles. The number of likely N-dealkylation sites (tertiary alicyclic amines) is 1. The lowest BCUT2D eigenvalue weighted by Gasteiger charge is -2.59. The van der Waals surface area contributed by atoms with Crippen molar-refractivity contribution in [2.24, 2.45) is 5.92 Å². The molecule has 2 fully saturated rings. The van der Waals surface area contributed by atoms with Gasteiger partial charge in [-0.1, -0.05) is 55.2 Å². The van der Waals surface area contributed by atoms with Crippen molar-refractivity contribution in [2.75, 3.05) is 26.7 Å². The first-order valence-corrected chi connectivity index (χ1v) is 13.2. The zero-order valence-corrected chi connectivity index (χ0v) is 22.3. The molecule has 190 valence electrons. The monoisotopic (exact) mass is 518 g/mol. The van der Waals surface area contributed by atoms with E-state index in [4.69, 9.17) is 23.2 Å². The van der Waals surface area contributed by atoms with Crippen LogP contribution in [0.4, 0.5) is 0 Å². The van der Waals surface area contributed by atoms with Gasteiger partial charge in [0.05, 0.1) is 22.1 Å². The number of phenols is 1. The second-order valence-electron chi connectivity index (χ2n) is 10.9. The molecule has 0 unspecified atom stereocenters. The molecule has 1 saturated heterocycles. The van der Waals surface area contributed by atoms with Crippen LogP contribution in [0, 0.1) is 5.92 Å². The molecule has 0 radical (unpaired) electrons. The molecule has 2 aliphatic rings. The van der Waals surface area contributed by atoms with E-state index >= 15 is 0 Å². The summed E-state index contributed by atoms with van der Waals surface area (Å²) in [7, 11) is 2.04. The van der Waals surface area contributed by atoms with Crippen LogP contribution in [0.15, 0.2) is 42.5 Å². The fourth-order valence-electron chi connectivity index (χ4n) is 6.19. The van der Waals surface area contributed by atoms with E-state index in [0.717, 1.165) is 30.5 Å². The molecular formula is C28H36Cl2N2O3. The van der Waals surface area contributed by atoms with E-state index in [2.05, 4.69) is 18.7 Å². The van der Waals surface area contributed by atoms with Crippen LogP contribution in [0.1, 0.15) is 50.7 Å². The highest BCUT2D eigenvalue weighted by Gasteiger charge is 2.58. The molecule has 1 aliphatic carbocycles. The summed E-state index contributed by atoms with van der Waals surface area (Å²) in [5, 5.41) is 23.2. The molecule has 1 heterocycles. The molecule has 4 rings (SSSR count). The van der Waals surface area contributed by atoms with Gasteiger partial charge in [0.1, 0.15) is 5.75 Å². The summed E-state index contributed by atoms with van der Waals surface area (Å²) in [4.78, 5) is 17.9. The molecule has 2 N–H and O–H groups in total. The van der Waals surface area contributed by atoms with Gasteiger partial charge in [-0.3, -0.25) is 4.79 Å². The molecule has 0 bridgehead atoms.